The van der Waals surface area contributed by atoms with Gasteiger partial charge in [0.05, 0.1) is 25.2 Å². The van der Waals surface area contributed by atoms with Crippen LogP contribution in [0, 0.1) is 0 Å². The highest BCUT2D eigenvalue weighted by Gasteiger charge is 2.27. The van der Waals surface area contributed by atoms with Gasteiger partial charge in [-0.1, -0.05) is 6.92 Å². The van der Waals surface area contributed by atoms with Crippen molar-refractivity contribution in [3.63, 3.8) is 0 Å². The zero-order chi connectivity index (χ0) is 14.4. The van der Waals surface area contributed by atoms with E-state index in [2.05, 4.69) is 40.5 Å². The SMILES string of the molecule is CCCn1cncc1CNCC(C)(C)N1CCOCC1. The number of nitrogens with one attached hydrogen (secondary N) is 1. The third kappa shape index (κ3) is 4.04. The summed E-state index contributed by atoms with van der Waals surface area (Å²) in [7, 11) is 0. The van der Waals surface area contributed by atoms with E-state index in [0.717, 1.165) is 52.4 Å². The summed E-state index contributed by atoms with van der Waals surface area (Å²) in [6.07, 6.45) is 5.03. The predicted molar refractivity (Wildman–Crippen MR) is 80.7 cm³/mol. The van der Waals surface area contributed by atoms with E-state index in [9.17, 15) is 0 Å². The number of nitrogens with zero attached hydrogens (tertiary/aromatic N) is 3. The third-order valence-corrected chi connectivity index (χ3v) is 3.99. The van der Waals surface area contributed by atoms with E-state index in [1.807, 2.05) is 12.5 Å². The Morgan fingerprint density at radius 1 is 1.35 bits per heavy atom. The molecule has 0 spiro atoms. The van der Waals surface area contributed by atoms with Crippen LogP contribution >= 0.6 is 0 Å². The number of hydrogen-bond donors (Lipinski definition) is 1. The summed E-state index contributed by atoms with van der Waals surface area (Å²) in [6.45, 7) is 13.5. The van der Waals surface area contributed by atoms with Crippen molar-refractivity contribution in [3.05, 3.63) is 18.2 Å². The van der Waals surface area contributed by atoms with Gasteiger partial charge in [0, 0.05) is 44.5 Å². The molecule has 0 amide bonds. The molecule has 2 rings (SSSR count). The van der Waals surface area contributed by atoms with Crippen molar-refractivity contribution in [2.45, 2.75) is 45.8 Å². The van der Waals surface area contributed by atoms with Crippen molar-refractivity contribution in [1.29, 1.82) is 0 Å². The van der Waals surface area contributed by atoms with Gasteiger partial charge in [-0.3, -0.25) is 4.90 Å². The van der Waals surface area contributed by atoms with Crippen LogP contribution in [0.3, 0.4) is 0 Å². The molecular formula is C15H28N4O. The molecule has 0 aromatic carbocycles. The lowest BCUT2D eigenvalue weighted by Gasteiger charge is -2.41. The highest BCUT2D eigenvalue weighted by atomic mass is 16.5. The second kappa shape index (κ2) is 7.20. The number of aryl methyl sites for hydroxylation is 1. The first-order valence-corrected chi connectivity index (χ1v) is 7.66. The van der Waals surface area contributed by atoms with Gasteiger partial charge < -0.3 is 14.6 Å². The Bertz CT molecular complexity index is 396. The van der Waals surface area contributed by atoms with Gasteiger partial charge in [0.25, 0.3) is 0 Å². The van der Waals surface area contributed by atoms with Gasteiger partial charge in [0.1, 0.15) is 0 Å². The van der Waals surface area contributed by atoms with Gasteiger partial charge >= 0.3 is 0 Å². The van der Waals surface area contributed by atoms with E-state index in [1.54, 1.807) is 0 Å². The molecule has 20 heavy (non-hydrogen) atoms. The van der Waals surface area contributed by atoms with Crippen LogP contribution in [0.2, 0.25) is 0 Å². The summed E-state index contributed by atoms with van der Waals surface area (Å²) in [5.41, 5.74) is 1.43. The van der Waals surface area contributed by atoms with E-state index >= 15 is 0 Å². The summed E-state index contributed by atoms with van der Waals surface area (Å²) in [5, 5.41) is 3.58. The largest absolute Gasteiger partial charge is 0.379 e. The minimum atomic E-state index is 0.166. The molecule has 1 aromatic rings. The maximum atomic E-state index is 5.43. The summed E-state index contributed by atoms with van der Waals surface area (Å²) in [4.78, 5) is 6.75. The number of hydrogen-bond acceptors (Lipinski definition) is 4. The standard InChI is InChI=1S/C15H28N4O/c1-4-5-18-13-17-11-14(18)10-16-12-15(2,3)19-6-8-20-9-7-19/h11,13,16H,4-10,12H2,1-3H3. The van der Waals surface area contributed by atoms with Crippen molar-refractivity contribution in [1.82, 2.24) is 19.8 Å². The van der Waals surface area contributed by atoms with Crippen LogP contribution in [0.25, 0.3) is 0 Å². The molecule has 1 saturated heterocycles. The topological polar surface area (TPSA) is 42.3 Å². The second-order valence-corrected chi connectivity index (χ2v) is 6.09. The van der Waals surface area contributed by atoms with Crippen LogP contribution in [0.4, 0.5) is 0 Å². The van der Waals surface area contributed by atoms with Crippen molar-refractivity contribution in [2.75, 3.05) is 32.8 Å². The maximum absolute atomic E-state index is 5.43. The molecule has 2 heterocycles. The second-order valence-electron chi connectivity index (χ2n) is 6.09. The van der Waals surface area contributed by atoms with E-state index < -0.39 is 0 Å². The summed E-state index contributed by atoms with van der Waals surface area (Å²) in [5.74, 6) is 0. The van der Waals surface area contributed by atoms with E-state index in [1.165, 1.54) is 5.69 Å². The van der Waals surface area contributed by atoms with E-state index in [-0.39, 0.29) is 5.54 Å². The van der Waals surface area contributed by atoms with Crippen molar-refractivity contribution >= 4 is 0 Å². The molecule has 0 saturated carbocycles. The third-order valence-electron chi connectivity index (χ3n) is 3.99. The van der Waals surface area contributed by atoms with Crippen LogP contribution in [-0.4, -0.2) is 52.8 Å². The molecule has 0 bridgehead atoms. The van der Waals surface area contributed by atoms with Gasteiger partial charge in [0.15, 0.2) is 0 Å². The smallest absolute Gasteiger partial charge is 0.0948 e. The molecule has 0 unspecified atom stereocenters. The van der Waals surface area contributed by atoms with Crippen LogP contribution in [0.1, 0.15) is 32.9 Å². The predicted octanol–water partition coefficient (Wildman–Crippen LogP) is 1.49. The number of imidazole rings is 1. The Morgan fingerprint density at radius 2 is 2.10 bits per heavy atom. The number of aromatic nitrogens is 2. The van der Waals surface area contributed by atoms with Gasteiger partial charge in [-0.05, 0) is 20.3 Å². The average Bonchev–Trinajstić information content (AvgIpc) is 2.88. The quantitative estimate of drug-likeness (QED) is 0.822. The minimum Gasteiger partial charge on any atom is -0.379 e. The van der Waals surface area contributed by atoms with Gasteiger partial charge in [-0.2, -0.15) is 0 Å². The first kappa shape index (κ1) is 15.5. The first-order chi connectivity index (χ1) is 9.63. The fourth-order valence-electron chi connectivity index (χ4n) is 2.71. The molecule has 1 aromatic heterocycles. The Hall–Kier alpha value is -0.910. The molecule has 114 valence electrons. The fourth-order valence-corrected chi connectivity index (χ4v) is 2.71. The molecule has 0 aliphatic carbocycles. The zero-order valence-corrected chi connectivity index (χ0v) is 13.1. The van der Waals surface area contributed by atoms with Crippen molar-refractivity contribution in [3.8, 4) is 0 Å². The van der Waals surface area contributed by atoms with Gasteiger partial charge in [0.2, 0.25) is 0 Å². The minimum absolute atomic E-state index is 0.166. The molecule has 1 fully saturated rings. The number of morpholine rings is 1. The van der Waals surface area contributed by atoms with Crippen molar-refractivity contribution in [2.24, 2.45) is 0 Å². The molecule has 5 heteroatoms. The highest BCUT2D eigenvalue weighted by molar-refractivity contribution is 4.98. The molecular weight excluding hydrogens is 252 g/mol. The molecule has 0 atom stereocenters. The molecule has 0 radical (unpaired) electrons. The molecule has 1 aliphatic rings. The summed E-state index contributed by atoms with van der Waals surface area (Å²) >= 11 is 0. The van der Waals surface area contributed by atoms with Gasteiger partial charge in [-0.15, -0.1) is 0 Å². The summed E-state index contributed by atoms with van der Waals surface area (Å²) in [6, 6.07) is 0. The van der Waals surface area contributed by atoms with Crippen LogP contribution < -0.4 is 5.32 Å². The van der Waals surface area contributed by atoms with Crippen LogP contribution in [-0.2, 0) is 17.8 Å². The Kier molecular flexibility index (Phi) is 5.57. The molecule has 5 nitrogen and oxygen atoms in total. The van der Waals surface area contributed by atoms with Gasteiger partial charge in [-0.25, -0.2) is 4.98 Å². The Balaban J connectivity index is 1.80. The van der Waals surface area contributed by atoms with Crippen LogP contribution in [0.5, 0.6) is 0 Å². The number of ether oxygens (including phenoxy) is 1. The normalized spacial score (nSPS) is 17.6. The lowest BCUT2D eigenvalue weighted by molar-refractivity contribution is -0.00970. The molecule has 1 N–H and O–H groups in total. The van der Waals surface area contributed by atoms with Crippen molar-refractivity contribution < 1.29 is 4.74 Å². The Labute approximate surface area is 122 Å². The number of rotatable bonds is 7. The fraction of sp³-hybridized carbons (Fsp3) is 0.800. The zero-order valence-electron chi connectivity index (χ0n) is 13.1. The molecule has 1 aliphatic heterocycles. The van der Waals surface area contributed by atoms with E-state index in [0.29, 0.717) is 0 Å². The first-order valence-electron chi connectivity index (χ1n) is 7.66. The lowest BCUT2D eigenvalue weighted by atomic mass is 10.0. The maximum Gasteiger partial charge on any atom is 0.0948 e. The monoisotopic (exact) mass is 280 g/mol. The van der Waals surface area contributed by atoms with Crippen LogP contribution in [0.15, 0.2) is 12.5 Å². The van der Waals surface area contributed by atoms with E-state index in [4.69, 9.17) is 4.74 Å². The highest BCUT2D eigenvalue weighted by Crippen LogP contribution is 2.15. The average molecular weight is 280 g/mol. The Morgan fingerprint density at radius 3 is 2.80 bits per heavy atom. The summed E-state index contributed by atoms with van der Waals surface area (Å²) < 4.78 is 7.66. The lowest BCUT2D eigenvalue weighted by Crippen LogP contribution is -2.54.